The number of rotatable bonds is 6. The summed E-state index contributed by atoms with van der Waals surface area (Å²) in [6.45, 7) is 5.63. The summed E-state index contributed by atoms with van der Waals surface area (Å²) in [5, 5.41) is 4.90. The molecule has 0 aliphatic carbocycles. The third-order valence-corrected chi connectivity index (χ3v) is 7.41. The Morgan fingerprint density at radius 1 is 1.15 bits per heavy atom. The molecular weight excluding hydrogens is 528 g/mol. The van der Waals surface area contributed by atoms with E-state index in [1.165, 1.54) is 32.8 Å². The van der Waals surface area contributed by atoms with E-state index in [0.29, 0.717) is 45.7 Å². The van der Waals surface area contributed by atoms with Crippen molar-refractivity contribution in [2.45, 2.75) is 39.5 Å². The number of pyridine rings is 1. The van der Waals surface area contributed by atoms with Gasteiger partial charge in [0.15, 0.2) is 5.82 Å². The lowest BCUT2D eigenvalue weighted by Gasteiger charge is -2.40. The number of aromatic nitrogens is 3. The summed E-state index contributed by atoms with van der Waals surface area (Å²) in [6, 6.07) is 8.81. The molecule has 0 N–H and O–H groups in total. The van der Waals surface area contributed by atoms with Gasteiger partial charge in [-0.15, -0.1) is 0 Å². The number of aryl methyl sites for hydroxylation is 1. The fraction of sp³-hybridized carbons (Fsp3) is 0.286. The molecule has 2 aromatic heterocycles. The van der Waals surface area contributed by atoms with Gasteiger partial charge in [-0.05, 0) is 50.6 Å². The minimum Gasteiger partial charge on any atom is -0.487 e. The van der Waals surface area contributed by atoms with Crippen LogP contribution in [0, 0.1) is 18.6 Å². The number of benzene rings is 2. The molecule has 2 atom stereocenters. The highest BCUT2D eigenvalue weighted by Gasteiger charge is 2.38. The Balaban J connectivity index is 1.50. The number of carbonyl (C=O) groups is 2. The van der Waals surface area contributed by atoms with Crippen molar-refractivity contribution in [2.75, 3.05) is 13.6 Å². The van der Waals surface area contributed by atoms with E-state index >= 15 is 0 Å². The van der Waals surface area contributed by atoms with Crippen molar-refractivity contribution in [2.24, 2.45) is 0 Å². The molecule has 5 rings (SSSR count). The monoisotopic (exact) mass is 553 g/mol. The Hall–Kier alpha value is -4.05. The normalized spacial score (nSPS) is 16.7. The van der Waals surface area contributed by atoms with E-state index in [2.05, 4.69) is 10.1 Å². The fourth-order valence-electron chi connectivity index (χ4n) is 4.83. The molecule has 8 nitrogen and oxygen atoms in total. The van der Waals surface area contributed by atoms with Crippen LogP contribution in [0.4, 0.5) is 8.78 Å². The van der Waals surface area contributed by atoms with E-state index in [-0.39, 0.29) is 17.7 Å². The number of ether oxygens (including phenoxy) is 1. The molecule has 0 saturated carbocycles. The first-order valence-corrected chi connectivity index (χ1v) is 12.7. The SMILES string of the molecule is Cc1cc(-n2cc(F)cn2)c2cccc(OCc3c(Cl)cc(F)cc3C(C)N3C[C@@H](C)N(C)C(=O)C3=O)c2n1. The van der Waals surface area contributed by atoms with Crippen molar-refractivity contribution in [3.8, 4) is 11.4 Å². The van der Waals surface area contributed by atoms with E-state index in [9.17, 15) is 18.4 Å². The summed E-state index contributed by atoms with van der Waals surface area (Å²) in [7, 11) is 1.58. The van der Waals surface area contributed by atoms with E-state index in [1.54, 1.807) is 32.2 Å². The maximum Gasteiger partial charge on any atom is 0.312 e. The highest BCUT2D eigenvalue weighted by Crippen LogP contribution is 2.34. The smallest absolute Gasteiger partial charge is 0.312 e. The number of fused-ring (bicyclic) bond motifs is 1. The predicted octanol–water partition coefficient (Wildman–Crippen LogP) is 4.99. The van der Waals surface area contributed by atoms with Crippen LogP contribution in [-0.2, 0) is 16.2 Å². The van der Waals surface area contributed by atoms with Crippen LogP contribution in [0.15, 0.2) is 48.8 Å². The van der Waals surface area contributed by atoms with Crippen LogP contribution in [0.2, 0.25) is 5.02 Å². The molecule has 1 saturated heterocycles. The molecule has 4 aromatic rings. The minimum atomic E-state index is -0.660. The van der Waals surface area contributed by atoms with Gasteiger partial charge in [0.05, 0.1) is 29.1 Å². The predicted molar refractivity (Wildman–Crippen MR) is 142 cm³/mol. The molecule has 39 heavy (non-hydrogen) atoms. The summed E-state index contributed by atoms with van der Waals surface area (Å²) in [6.07, 6.45) is 2.40. The van der Waals surface area contributed by atoms with Gasteiger partial charge in [0.2, 0.25) is 0 Å². The van der Waals surface area contributed by atoms with Crippen LogP contribution in [0.25, 0.3) is 16.6 Å². The van der Waals surface area contributed by atoms with Crippen molar-refractivity contribution in [3.05, 3.63) is 82.3 Å². The summed E-state index contributed by atoms with van der Waals surface area (Å²) in [5.41, 5.74) is 2.76. The van der Waals surface area contributed by atoms with Gasteiger partial charge in [0.1, 0.15) is 23.7 Å². The van der Waals surface area contributed by atoms with Crippen LogP contribution >= 0.6 is 11.6 Å². The molecule has 0 radical (unpaired) electrons. The second-order valence-electron chi connectivity index (χ2n) is 9.68. The van der Waals surface area contributed by atoms with Crippen LogP contribution < -0.4 is 4.74 Å². The van der Waals surface area contributed by atoms with E-state index in [0.717, 1.165) is 6.20 Å². The number of piperazine rings is 1. The van der Waals surface area contributed by atoms with Crippen LogP contribution in [0.5, 0.6) is 5.75 Å². The third kappa shape index (κ3) is 4.92. The molecule has 0 bridgehead atoms. The maximum absolute atomic E-state index is 14.5. The zero-order valence-corrected chi connectivity index (χ0v) is 22.5. The first-order valence-electron chi connectivity index (χ1n) is 12.3. The van der Waals surface area contributed by atoms with Gasteiger partial charge in [0.25, 0.3) is 0 Å². The zero-order chi connectivity index (χ0) is 28.0. The number of nitrogens with zero attached hydrogens (tertiary/aromatic N) is 5. The summed E-state index contributed by atoms with van der Waals surface area (Å²) in [4.78, 5) is 32.8. The fourth-order valence-corrected chi connectivity index (χ4v) is 5.10. The lowest BCUT2D eigenvalue weighted by atomic mass is 9.98. The minimum absolute atomic E-state index is 0.0509. The van der Waals surface area contributed by atoms with Gasteiger partial charge in [-0.1, -0.05) is 23.7 Å². The first kappa shape index (κ1) is 26.6. The van der Waals surface area contributed by atoms with Crippen molar-refractivity contribution < 1.29 is 23.1 Å². The van der Waals surface area contributed by atoms with E-state index in [4.69, 9.17) is 16.3 Å². The average Bonchev–Trinajstić information content (AvgIpc) is 3.34. The highest BCUT2D eigenvalue weighted by molar-refractivity contribution is 6.35. The Morgan fingerprint density at radius 3 is 2.64 bits per heavy atom. The Labute approximate surface area is 228 Å². The number of hydrogen-bond acceptors (Lipinski definition) is 5. The molecule has 1 aliphatic heterocycles. The number of hydrogen-bond donors (Lipinski definition) is 0. The van der Waals surface area contributed by atoms with Gasteiger partial charge in [-0.2, -0.15) is 5.10 Å². The molecule has 1 fully saturated rings. The Bertz CT molecular complexity index is 1610. The maximum atomic E-state index is 14.5. The molecule has 0 spiro atoms. The number of likely N-dealkylation sites (N-methyl/N-ethyl adjacent to an activating group) is 1. The molecule has 3 heterocycles. The van der Waals surface area contributed by atoms with Crippen LogP contribution in [0.1, 0.15) is 36.7 Å². The van der Waals surface area contributed by atoms with Crippen LogP contribution in [-0.4, -0.2) is 56.0 Å². The molecular formula is C28H26ClF2N5O3. The summed E-state index contributed by atoms with van der Waals surface area (Å²) >= 11 is 6.49. The summed E-state index contributed by atoms with van der Waals surface area (Å²) in [5.74, 6) is -1.88. The molecule has 1 aliphatic rings. The van der Waals surface area contributed by atoms with Gasteiger partial charge in [-0.3, -0.25) is 9.59 Å². The highest BCUT2D eigenvalue weighted by atomic mass is 35.5. The number of carbonyl (C=O) groups excluding carboxylic acids is 2. The second kappa shape index (κ2) is 10.3. The van der Waals surface area contributed by atoms with Crippen molar-refractivity contribution in [1.82, 2.24) is 24.6 Å². The Morgan fingerprint density at radius 2 is 1.92 bits per heavy atom. The standard InChI is InChI=1S/C28H26ClF2N5O3/c1-15-8-24(36-13-19(31)11-32-36)20-6-5-7-25(26(20)33-15)39-14-22-21(9-18(30)10-23(22)29)17(3)35-12-16(2)34(4)27(37)28(35)38/h5-11,13,16-17H,12,14H2,1-4H3/t16-,17?/m1/s1. The van der Waals surface area contributed by atoms with Gasteiger partial charge in [0, 0.05) is 36.3 Å². The molecule has 11 heteroatoms. The largest absolute Gasteiger partial charge is 0.487 e. The molecule has 2 amide bonds. The molecule has 202 valence electrons. The van der Waals surface area contributed by atoms with Gasteiger partial charge >= 0.3 is 11.8 Å². The second-order valence-corrected chi connectivity index (χ2v) is 10.1. The van der Waals surface area contributed by atoms with Crippen LogP contribution in [0.3, 0.4) is 0 Å². The average molecular weight is 554 g/mol. The first-order chi connectivity index (χ1) is 18.5. The lowest BCUT2D eigenvalue weighted by molar-refractivity contribution is -0.159. The van der Waals surface area contributed by atoms with Crippen molar-refractivity contribution >= 4 is 34.3 Å². The number of amides is 2. The Kier molecular flexibility index (Phi) is 6.98. The number of para-hydroxylation sites is 1. The molecule has 2 aromatic carbocycles. The summed E-state index contributed by atoms with van der Waals surface area (Å²) < 4.78 is 35.8. The van der Waals surface area contributed by atoms with Crippen molar-refractivity contribution in [3.63, 3.8) is 0 Å². The van der Waals surface area contributed by atoms with E-state index in [1.807, 2.05) is 19.9 Å². The third-order valence-electron chi connectivity index (χ3n) is 7.08. The quantitative estimate of drug-likeness (QED) is 0.314. The van der Waals surface area contributed by atoms with E-state index < -0.39 is 29.5 Å². The number of halogens is 3. The molecule has 1 unspecified atom stereocenters. The lowest BCUT2D eigenvalue weighted by Crippen LogP contribution is -2.57. The zero-order valence-electron chi connectivity index (χ0n) is 21.8. The van der Waals surface area contributed by atoms with Crippen molar-refractivity contribution in [1.29, 1.82) is 0 Å². The van der Waals surface area contributed by atoms with Gasteiger partial charge < -0.3 is 14.5 Å². The topological polar surface area (TPSA) is 80.6 Å². The van der Waals surface area contributed by atoms with Gasteiger partial charge in [-0.25, -0.2) is 18.4 Å².